The van der Waals surface area contributed by atoms with E-state index in [9.17, 15) is 22.8 Å². The number of amides is 1. The third-order valence-electron chi connectivity index (χ3n) is 10.8. The van der Waals surface area contributed by atoms with Gasteiger partial charge in [-0.3, -0.25) is 19.6 Å². The molecule has 0 aliphatic carbocycles. The zero-order chi connectivity index (χ0) is 47.5. The van der Waals surface area contributed by atoms with E-state index in [-0.39, 0.29) is 43.4 Å². The van der Waals surface area contributed by atoms with Crippen molar-refractivity contribution in [2.24, 2.45) is 0 Å². The van der Waals surface area contributed by atoms with E-state index in [0.717, 1.165) is 55.2 Å². The van der Waals surface area contributed by atoms with E-state index in [1.165, 1.54) is 14.2 Å². The Bertz CT molecular complexity index is 2680. The van der Waals surface area contributed by atoms with Crippen molar-refractivity contribution in [1.29, 1.82) is 0 Å². The molecular formula is C51H60N4O8S. The third kappa shape index (κ3) is 12.3. The molecular weight excluding hydrogens is 829 g/mol. The summed E-state index contributed by atoms with van der Waals surface area (Å²) in [6.45, 7) is 17.4. The molecule has 0 saturated heterocycles. The largest absolute Gasteiger partial charge is 0.469 e. The topological polar surface area (TPSA) is 144 Å². The van der Waals surface area contributed by atoms with Crippen molar-refractivity contribution >= 4 is 72.3 Å². The van der Waals surface area contributed by atoms with Crippen LogP contribution in [0.1, 0.15) is 69.7 Å². The highest BCUT2D eigenvalue weighted by Crippen LogP contribution is 2.37. The second-order valence-corrected chi connectivity index (χ2v) is 18.2. The Morgan fingerprint density at radius 1 is 0.672 bits per heavy atom. The minimum absolute atomic E-state index is 0.161. The van der Waals surface area contributed by atoms with Crippen LogP contribution in [-0.2, 0) is 33.8 Å². The average molecular weight is 889 g/mol. The van der Waals surface area contributed by atoms with Gasteiger partial charge in [-0.15, -0.1) is 12.8 Å². The van der Waals surface area contributed by atoms with Gasteiger partial charge in [0.1, 0.15) is 5.60 Å². The number of nitrogens with one attached hydrogen (secondary N) is 2. The molecule has 0 unspecified atom stereocenters. The van der Waals surface area contributed by atoms with Crippen molar-refractivity contribution in [2.75, 3.05) is 47.1 Å². The van der Waals surface area contributed by atoms with Crippen molar-refractivity contribution in [3.63, 3.8) is 0 Å². The molecule has 0 aromatic heterocycles. The van der Waals surface area contributed by atoms with Crippen LogP contribution >= 0.6 is 0 Å². The Balaban J connectivity index is 0.000000286. The van der Waals surface area contributed by atoms with E-state index >= 15 is 0 Å². The number of benzene rings is 5. The number of aryl methyl sites for hydroxylation is 2. The fourth-order valence-electron chi connectivity index (χ4n) is 7.48. The molecule has 0 heterocycles. The smallest absolute Gasteiger partial charge is 0.412 e. The predicted octanol–water partition coefficient (Wildman–Crippen LogP) is 9.84. The summed E-state index contributed by atoms with van der Waals surface area (Å²) in [6.07, 6.45) is 11.1. The fourth-order valence-corrected chi connectivity index (χ4v) is 9.18. The van der Waals surface area contributed by atoms with Crippen LogP contribution in [0.15, 0.2) is 83.8 Å². The van der Waals surface area contributed by atoms with E-state index in [2.05, 4.69) is 21.9 Å². The summed E-state index contributed by atoms with van der Waals surface area (Å²) in [4.78, 5) is 40.1. The van der Waals surface area contributed by atoms with Crippen LogP contribution in [0.4, 0.5) is 27.5 Å². The lowest BCUT2D eigenvalue weighted by molar-refractivity contribution is -0.141. The Kier molecular flexibility index (Phi) is 16.9. The lowest BCUT2D eigenvalue weighted by Gasteiger charge is -2.30. The molecule has 5 aromatic rings. The summed E-state index contributed by atoms with van der Waals surface area (Å²) < 4.78 is 45.0. The molecule has 0 radical (unpaired) electrons. The molecule has 0 aliphatic heterocycles. The van der Waals surface area contributed by atoms with E-state index < -0.39 is 21.7 Å². The Morgan fingerprint density at radius 2 is 1.08 bits per heavy atom. The molecule has 2 atom stereocenters. The normalized spacial score (nSPS) is 12.1. The predicted molar refractivity (Wildman–Crippen MR) is 258 cm³/mol. The minimum atomic E-state index is -3.85. The highest BCUT2D eigenvalue weighted by molar-refractivity contribution is 7.92. The van der Waals surface area contributed by atoms with Gasteiger partial charge >= 0.3 is 18.0 Å². The number of hydrogen-bond acceptors (Lipinski definition) is 10. The molecule has 12 nitrogen and oxygen atoms in total. The average Bonchev–Trinajstić information content (AvgIpc) is 3.24. The number of anilines is 4. The maximum atomic E-state index is 13.6. The quantitative estimate of drug-likeness (QED) is 0.0629. The van der Waals surface area contributed by atoms with Crippen molar-refractivity contribution in [3.05, 3.63) is 101 Å². The first-order chi connectivity index (χ1) is 30.2. The summed E-state index contributed by atoms with van der Waals surface area (Å²) in [6, 6.07) is 24.2. The second kappa shape index (κ2) is 21.6. The van der Waals surface area contributed by atoms with Gasteiger partial charge in [-0.1, -0.05) is 66.4 Å². The minimum Gasteiger partial charge on any atom is -0.469 e. The standard InChI is InChI=1S/C28H32N2O4S.C23H28N2O4/c1-8-15-30(20(4)17-27(31)34-7)26-14-13-25(23-11-9-10-12-24(23)26)29-35(32,33)28-21(5)18(2)16-19(3)22(28)6;1-7-14-25(16(2)15-21(26)28-6)20-13-12-19(17-10-8-9-11-18(17)20)24-22(27)29-23(3,4)5/h1,9-14,16,20,29H,15,17H2,2-7H3;1,8-13,16H,14-15H2,2-6H3,(H,24,27)/t20-;16-/m00/s1. The molecule has 2 N–H and O–H groups in total. The Labute approximate surface area is 378 Å². The lowest BCUT2D eigenvalue weighted by atomic mass is 10.0. The van der Waals surface area contributed by atoms with Gasteiger partial charge in [-0.25, -0.2) is 13.2 Å². The molecule has 5 aromatic carbocycles. The zero-order valence-corrected chi connectivity index (χ0v) is 39.5. The van der Waals surface area contributed by atoms with Crippen molar-refractivity contribution in [1.82, 2.24) is 0 Å². The van der Waals surface area contributed by atoms with Crippen LogP contribution in [0, 0.1) is 52.4 Å². The van der Waals surface area contributed by atoms with Crippen LogP contribution < -0.4 is 19.8 Å². The highest BCUT2D eigenvalue weighted by Gasteiger charge is 2.26. The number of hydrogen-bond donors (Lipinski definition) is 2. The van der Waals surface area contributed by atoms with Crippen LogP contribution in [0.25, 0.3) is 21.5 Å². The Hall–Kier alpha value is -6.70. The number of carbonyl (C=O) groups excluding carboxylic acids is 3. The molecule has 1 amide bonds. The number of esters is 2. The summed E-state index contributed by atoms with van der Waals surface area (Å²) >= 11 is 0. The van der Waals surface area contributed by atoms with Gasteiger partial charge in [0.2, 0.25) is 0 Å². The molecule has 0 bridgehead atoms. The number of sulfonamides is 1. The SMILES string of the molecule is C#CCN(c1ccc(NC(=O)OC(C)(C)C)c2ccccc12)[C@@H](C)CC(=O)OC.C#CCN(c1ccc(NS(=O)(=O)c2c(C)c(C)cc(C)c2C)c2ccccc12)[C@@H](C)CC(=O)OC. The number of rotatable bonds is 14. The fraction of sp³-hybridized carbons (Fsp3) is 0.353. The number of fused-ring (bicyclic) bond motifs is 2. The van der Waals surface area contributed by atoms with Gasteiger partial charge in [0.15, 0.2) is 0 Å². The zero-order valence-electron chi connectivity index (χ0n) is 38.7. The van der Waals surface area contributed by atoms with Crippen LogP contribution in [0.2, 0.25) is 0 Å². The number of terminal acetylenes is 2. The second-order valence-electron chi connectivity index (χ2n) is 16.6. The van der Waals surface area contributed by atoms with Crippen molar-refractivity contribution in [3.8, 4) is 24.7 Å². The van der Waals surface area contributed by atoms with E-state index in [4.69, 9.17) is 27.1 Å². The third-order valence-corrected chi connectivity index (χ3v) is 12.5. The first-order valence-electron chi connectivity index (χ1n) is 20.8. The summed E-state index contributed by atoms with van der Waals surface area (Å²) in [5.74, 6) is 4.70. The Morgan fingerprint density at radius 3 is 1.48 bits per heavy atom. The molecule has 0 spiro atoms. The van der Waals surface area contributed by atoms with E-state index in [1.54, 1.807) is 6.07 Å². The maximum absolute atomic E-state index is 13.6. The first-order valence-corrected chi connectivity index (χ1v) is 22.3. The van der Waals surface area contributed by atoms with Crippen molar-refractivity contribution in [2.45, 2.75) is 97.7 Å². The highest BCUT2D eigenvalue weighted by atomic mass is 32.2. The van der Waals surface area contributed by atoms with Crippen LogP contribution in [0.3, 0.4) is 0 Å². The van der Waals surface area contributed by atoms with Crippen LogP contribution in [0.5, 0.6) is 0 Å². The number of carbonyl (C=O) groups is 3. The van der Waals surface area contributed by atoms with Gasteiger partial charge in [0.25, 0.3) is 10.0 Å². The van der Waals surface area contributed by atoms with Crippen LogP contribution in [-0.4, -0.2) is 71.4 Å². The maximum Gasteiger partial charge on any atom is 0.412 e. The molecule has 5 rings (SSSR count). The first kappa shape index (κ1) is 50.0. The molecule has 0 saturated carbocycles. The van der Waals surface area contributed by atoms with E-state index in [1.807, 2.05) is 145 Å². The van der Waals surface area contributed by atoms with Gasteiger partial charge in [-0.2, -0.15) is 0 Å². The molecule has 0 aliphatic rings. The molecule has 0 fully saturated rings. The van der Waals surface area contributed by atoms with Gasteiger partial charge < -0.3 is 24.0 Å². The molecule has 13 heteroatoms. The summed E-state index contributed by atoms with van der Waals surface area (Å²) in [5, 5.41) is 6.14. The summed E-state index contributed by atoms with van der Waals surface area (Å²) in [5.41, 5.74) is 5.55. The number of methoxy groups -OCH3 is 2. The lowest BCUT2D eigenvalue weighted by Crippen LogP contribution is -2.35. The summed E-state index contributed by atoms with van der Waals surface area (Å²) in [7, 11) is -1.12. The van der Waals surface area contributed by atoms with Crippen molar-refractivity contribution < 1.29 is 37.0 Å². The monoisotopic (exact) mass is 888 g/mol. The molecule has 64 heavy (non-hydrogen) atoms. The van der Waals surface area contributed by atoms with Gasteiger partial charge in [0.05, 0.1) is 56.4 Å². The molecule has 338 valence electrons. The van der Waals surface area contributed by atoms with Gasteiger partial charge in [-0.05, 0) is 109 Å². The van der Waals surface area contributed by atoms with E-state index in [0.29, 0.717) is 22.8 Å². The number of ether oxygens (including phenoxy) is 3. The number of nitrogens with zero attached hydrogens (tertiary/aromatic N) is 2. The van der Waals surface area contributed by atoms with Gasteiger partial charge in [0, 0.05) is 45.0 Å².